The van der Waals surface area contributed by atoms with Gasteiger partial charge in [-0.25, -0.2) is 4.79 Å². The molecule has 6 heteroatoms. The van der Waals surface area contributed by atoms with Crippen molar-refractivity contribution in [2.24, 2.45) is 0 Å². The summed E-state index contributed by atoms with van der Waals surface area (Å²) in [5.74, 6) is -1.01. The number of urea groups is 1. The number of aliphatic carboxylic acids is 1. The van der Waals surface area contributed by atoms with Crippen LogP contribution in [0.1, 0.15) is 6.42 Å². The van der Waals surface area contributed by atoms with Crippen LogP contribution in [0.3, 0.4) is 0 Å². The van der Waals surface area contributed by atoms with Gasteiger partial charge >= 0.3 is 12.0 Å². The molecule has 2 amide bonds. The van der Waals surface area contributed by atoms with Crippen molar-refractivity contribution >= 4 is 12.0 Å². The maximum atomic E-state index is 11.7. The van der Waals surface area contributed by atoms with Crippen molar-refractivity contribution in [3.05, 3.63) is 0 Å². The number of rotatable bonds is 3. The molecule has 1 N–H and O–H groups in total. The van der Waals surface area contributed by atoms with Gasteiger partial charge in [0.2, 0.25) is 0 Å². The van der Waals surface area contributed by atoms with Crippen LogP contribution in [-0.4, -0.2) is 66.8 Å². The number of nitrogens with zero attached hydrogens (tertiary/aromatic N) is 2. The Morgan fingerprint density at radius 1 is 1.60 bits per heavy atom. The van der Waals surface area contributed by atoms with E-state index in [9.17, 15) is 9.59 Å². The number of amides is 2. The van der Waals surface area contributed by atoms with E-state index in [1.807, 2.05) is 0 Å². The van der Waals surface area contributed by atoms with Gasteiger partial charge in [-0.05, 0) is 6.42 Å². The molecule has 1 aliphatic rings. The van der Waals surface area contributed by atoms with Crippen molar-refractivity contribution in [2.45, 2.75) is 12.5 Å². The zero-order valence-corrected chi connectivity index (χ0v) is 8.97. The standard InChI is InChI=1S/C9H16N2O4/c1-10(6-8(12)13)9(14)11-4-3-7(5-11)15-2/h7H,3-6H2,1-2H3,(H,12,13). The molecule has 1 aliphatic heterocycles. The van der Waals surface area contributed by atoms with E-state index < -0.39 is 5.97 Å². The highest BCUT2D eigenvalue weighted by molar-refractivity contribution is 5.80. The van der Waals surface area contributed by atoms with E-state index in [1.54, 1.807) is 12.0 Å². The Kier molecular flexibility index (Phi) is 3.90. The summed E-state index contributed by atoms with van der Waals surface area (Å²) in [6, 6.07) is -0.253. The maximum absolute atomic E-state index is 11.7. The Bertz CT molecular complexity index is 256. The summed E-state index contributed by atoms with van der Waals surface area (Å²) >= 11 is 0. The molecule has 1 heterocycles. The first-order valence-corrected chi connectivity index (χ1v) is 4.79. The minimum Gasteiger partial charge on any atom is -0.480 e. The highest BCUT2D eigenvalue weighted by Crippen LogP contribution is 2.13. The fraction of sp³-hybridized carbons (Fsp3) is 0.778. The molecule has 0 spiro atoms. The zero-order valence-electron chi connectivity index (χ0n) is 8.97. The Labute approximate surface area is 88.4 Å². The molecular formula is C9H16N2O4. The lowest BCUT2D eigenvalue weighted by Crippen LogP contribution is -2.42. The van der Waals surface area contributed by atoms with Gasteiger partial charge in [0.25, 0.3) is 0 Å². The fourth-order valence-corrected chi connectivity index (χ4v) is 1.61. The number of carboxylic acids is 1. The minimum atomic E-state index is -1.01. The third kappa shape index (κ3) is 3.09. The van der Waals surface area contributed by atoms with Crippen molar-refractivity contribution in [3.63, 3.8) is 0 Å². The fourth-order valence-electron chi connectivity index (χ4n) is 1.61. The highest BCUT2D eigenvalue weighted by Gasteiger charge is 2.28. The van der Waals surface area contributed by atoms with Crippen LogP contribution in [0.15, 0.2) is 0 Å². The summed E-state index contributed by atoms with van der Waals surface area (Å²) in [6.07, 6.45) is 0.885. The van der Waals surface area contributed by atoms with E-state index in [1.165, 1.54) is 11.9 Å². The van der Waals surface area contributed by atoms with Gasteiger partial charge in [-0.3, -0.25) is 4.79 Å². The number of methoxy groups -OCH3 is 1. The predicted molar refractivity (Wildman–Crippen MR) is 52.6 cm³/mol. The van der Waals surface area contributed by atoms with Crippen LogP contribution in [0, 0.1) is 0 Å². The molecule has 0 aromatic heterocycles. The second kappa shape index (κ2) is 4.97. The number of hydrogen-bond donors (Lipinski definition) is 1. The molecule has 0 saturated carbocycles. The molecule has 1 saturated heterocycles. The van der Waals surface area contributed by atoms with Gasteiger partial charge in [-0.2, -0.15) is 0 Å². The third-order valence-corrected chi connectivity index (χ3v) is 2.45. The van der Waals surface area contributed by atoms with E-state index in [-0.39, 0.29) is 18.7 Å². The Morgan fingerprint density at radius 3 is 2.73 bits per heavy atom. The van der Waals surface area contributed by atoms with Crippen LogP contribution >= 0.6 is 0 Å². The summed E-state index contributed by atoms with van der Waals surface area (Å²) in [4.78, 5) is 24.9. The van der Waals surface area contributed by atoms with Gasteiger partial charge in [0.1, 0.15) is 6.54 Å². The van der Waals surface area contributed by atoms with Crippen LogP contribution in [-0.2, 0) is 9.53 Å². The normalized spacial score (nSPS) is 20.4. The van der Waals surface area contributed by atoms with Crippen LogP contribution in [0.2, 0.25) is 0 Å². The lowest BCUT2D eigenvalue weighted by Gasteiger charge is -2.23. The largest absolute Gasteiger partial charge is 0.480 e. The van der Waals surface area contributed by atoms with Gasteiger partial charge in [0.15, 0.2) is 0 Å². The van der Waals surface area contributed by atoms with Crippen molar-refractivity contribution < 1.29 is 19.4 Å². The Hall–Kier alpha value is -1.30. The minimum absolute atomic E-state index is 0.0761. The van der Waals surface area contributed by atoms with Crippen LogP contribution in [0.4, 0.5) is 4.79 Å². The van der Waals surface area contributed by atoms with E-state index in [0.29, 0.717) is 13.1 Å². The maximum Gasteiger partial charge on any atom is 0.323 e. The molecule has 0 bridgehead atoms. The number of likely N-dealkylation sites (N-methyl/N-ethyl adjacent to an activating group) is 1. The van der Waals surface area contributed by atoms with Crippen molar-refractivity contribution in [1.82, 2.24) is 9.80 Å². The smallest absolute Gasteiger partial charge is 0.323 e. The SMILES string of the molecule is COC1CCN(C(=O)N(C)CC(=O)O)C1. The molecule has 1 rings (SSSR count). The summed E-state index contributed by atoms with van der Waals surface area (Å²) in [7, 11) is 3.09. The van der Waals surface area contributed by atoms with Gasteiger partial charge in [-0.15, -0.1) is 0 Å². The number of ether oxygens (including phenoxy) is 1. The average Bonchev–Trinajstić information content (AvgIpc) is 2.63. The Morgan fingerprint density at radius 2 is 2.27 bits per heavy atom. The van der Waals surface area contributed by atoms with Gasteiger partial charge in [0, 0.05) is 27.2 Å². The monoisotopic (exact) mass is 216 g/mol. The zero-order chi connectivity index (χ0) is 11.4. The average molecular weight is 216 g/mol. The second-order valence-corrected chi connectivity index (χ2v) is 3.62. The molecule has 0 aromatic carbocycles. The molecule has 6 nitrogen and oxygen atoms in total. The molecule has 0 radical (unpaired) electrons. The van der Waals surface area contributed by atoms with E-state index in [4.69, 9.17) is 9.84 Å². The summed E-state index contributed by atoms with van der Waals surface area (Å²) in [6.45, 7) is 0.896. The molecule has 0 aliphatic carbocycles. The number of carbonyl (C=O) groups excluding carboxylic acids is 1. The molecule has 86 valence electrons. The molecular weight excluding hydrogens is 200 g/mol. The molecule has 0 aromatic rings. The lowest BCUT2D eigenvalue weighted by atomic mass is 10.3. The third-order valence-electron chi connectivity index (χ3n) is 2.45. The molecule has 1 fully saturated rings. The second-order valence-electron chi connectivity index (χ2n) is 3.62. The number of hydrogen-bond acceptors (Lipinski definition) is 3. The quantitative estimate of drug-likeness (QED) is 0.712. The van der Waals surface area contributed by atoms with Gasteiger partial charge in [-0.1, -0.05) is 0 Å². The predicted octanol–water partition coefficient (Wildman–Crippen LogP) is -0.156. The molecule has 1 atom stereocenters. The highest BCUT2D eigenvalue weighted by atomic mass is 16.5. The first-order valence-electron chi connectivity index (χ1n) is 4.79. The van der Waals surface area contributed by atoms with Crippen molar-refractivity contribution in [1.29, 1.82) is 0 Å². The number of carboxylic acid groups (broad SMARTS) is 1. The topological polar surface area (TPSA) is 70.1 Å². The van der Waals surface area contributed by atoms with E-state index in [2.05, 4.69) is 0 Å². The van der Waals surface area contributed by atoms with Crippen LogP contribution in [0.5, 0.6) is 0 Å². The number of carbonyl (C=O) groups is 2. The molecule has 15 heavy (non-hydrogen) atoms. The first kappa shape index (κ1) is 11.8. The van der Waals surface area contributed by atoms with E-state index >= 15 is 0 Å². The van der Waals surface area contributed by atoms with Gasteiger partial charge in [0.05, 0.1) is 6.10 Å². The molecule has 1 unspecified atom stereocenters. The van der Waals surface area contributed by atoms with E-state index in [0.717, 1.165) is 6.42 Å². The van der Waals surface area contributed by atoms with Crippen molar-refractivity contribution in [2.75, 3.05) is 33.8 Å². The number of likely N-dealkylation sites (tertiary alicyclic amines) is 1. The summed E-state index contributed by atoms with van der Waals surface area (Å²) in [5, 5.41) is 8.54. The summed E-state index contributed by atoms with van der Waals surface area (Å²) < 4.78 is 5.12. The van der Waals surface area contributed by atoms with Crippen LogP contribution in [0.25, 0.3) is 0 Å². The lowest BCUT2D eigenvalue weighted by molar-refractivity contribution is -0.137. The summed E-state index contributed by atoms with van der Waals surface area (Å²) in [5.41, 5.74) is 0. The van der Waals surface area contributed by atoms with Crippen molar-refractivity contribution in [3.8, 4) is 0 Å². The first-order chi connectivity index (χ1) is 7.04. The van der Waals surface area contributed by atoms with Crippen LogP contribution < -0.4 is 0 Å². The van der Waals surface area contributed by atoms with Gasteiger partial charge < -0.3 is 19.6 Å². The Balaban J connectivity index is 2.44.